The highest BCUT2D eigenvalue weighted by molar-refractivity contribution is 7.92. The predicted molar refractivity (Wildman–Crippen MR) is 189 cm³/mol. The number of H-pyrrole nitrogens is 2. The number of aliphatic hydroxyl groups excluding tert-OH is 1. The van der Waals surface area contributed by atoms with Crippen LogP contribution in [-0.4, -0.2) is 76.1 Å². The van der Waals surface area contributed by atoms with Crippen LogP contribution in [0.4, 0.5) is 11.4 Å². The maximum Gasteiger partial charge on any atom is 0.323 e. The highest BCUT2D eigenvalue weighted by Crippen LogP contribution is 2.35. The van der Waals surface area contributed by atoms with E-state index < -0.39 is 16.1 Å². The molecule has 1 fully saturated rings. The van der Waals surface area contributed by atoms with E-state index in [9.17, 15) is 18.3 Å². The van der Waals surface area contributed by atoms with Crippen molar-refractivity contribution in [2.45, 2.75) is 36.4 Å². The predicted octanol–water partition coefficient (Wildman–Crippen LogP) is 4.27. The number of sulfonamides is 1. The quantitative estimate of drug-likeness (QED) is 0.134. The van der Waals surface area contributed by atoms with Gasteiger partial charge in [-0.25, -0.2) is 13.2 Å². The maximum atomic E-state index is 14.1. The van der Waals surface area contributed by atoms with Crippen LogP contribution in [0, 0.1) is 0 Å². The molecule has 12 nitrogen and oxygen atoms in total. The van der Waals surface area contributed by atoms with Gasteiger partial charge in [0.15, 0.2) is 11.5 Å². The summed E-state index contributed by atoms with van der Waals surface area (Å²) in [5, 5.41) is 14.0. The van der Waals surface area contributed by atoms with Crippen LogP contribution < -0.4 is 34.4 Å². The molecular weight excluding hydrogens is 646 g/mol. The number of methoxy groups -OCH3 is 2. The van der Waals surface area contributed by atoms with Gasteiger partial charge >= 0.3 is 5.69 Å². The molecular formula is C36H41N5O7S. The van der Waals surface area contributed by atoms with Crippen LogP contribution in [0.2, 0.25) is 0 Å². The first-order chi connectivity index (χ1) is 23.7. The first-order valence-electron chi connectivity index (χ1n) is 16.1. The van der Waals surface area contributed by atoms with Gasteiger partial charge in [-0.2, -0.15) is 0 Å². The summed E-state index contributed by atoms with van der Waals surface area (Å²) in [6.07, 6.45) is 0.998. The average Bonchev–Trinajstić information content (AvgIpc) is 3.53. The van der Waals surface area contributed by atoms with E-state index >= 15 is 0 Å². The monoisotopic (exact) mass is 687 g/mol. The lowest BCUT2D eigenvalue weighted by atomic mass is 10.0. The van der Waals surface area contributed by atoms with E-state index in [2.05, 4.69) is 20.2 Å². The first kappa shape index (κ1) is 33.9. The van der Waals surface area contributed by atoms with Crippen molar-refractivity contribution in [3.05, 3.63) is 107 Å². The summed E-state index contributed by atoms with van der Waals surface area (Å²) in [6, 6.07) is 27.1. The molecule has 1 atom stereocenters. The molecule has 0 bridgehead atoms. The zero-order valence-electron chi connectivity index (χ0n) is 27.5. The summed E-state index contributed by atoms with van der Waals surface area (Å²) in [5.74, 6) is 1.46. The average molecular weight is 688 g/mol. The number of hydrogen-bond donors (Lipinski definition) is 4. The van der Waals surface area contributed by atoms with Crippen LogP contribution in [0.25, 0.3) is 11.0 Å². The van der Waals surface area contributed by atoms with Crippen LogP contribution in [0.3, 0.4) is 0 Å². The molecule has 1 aromatic heterocycles. The lowest BCUT2D eigenvalue weighted by Gasteiger charge is -2.34. The fraction of sp³-hybridized carbons (Fsp3) is 0.306. The standard InChI is InChI=1S/C36H41N5O7S/c1-46-32-16-13-28(21-34(32)47-2)41(23-25-7-4-3-5-8-25)49(44,45)30-14-11-27(12-15-30)40-19-17-26(18-20-40)37-22-29(42)24-48-33-10-6-9-31-35(33)39-36(43)38-31/h3-16,21,26,29,37,42H,17-20,22-24H2,1-2H3,(H2,38,39,43). The van der Waals surface area contributed by atoms with Crippen molar-refractivity contribution in [2.75, 3.05) is 49.7 Å². The fourth-order valence-corrected chi connectivity index (χ4v) is 7.49. The van der Waals surface area contributed by atoms with Gasteiger partial charge in [0.05, 0.1) is 36.9 Å². The zero-order chi connectivity index (χ0) is 34.4. The van der Waals surface area contributed by atoms with Crippen molar-refractivity contribution in [1.29, 1.82) is 0 Å². The molecule has 0 spiro atoms. The van der Waals surface area contributed by atoms with Crippen LogP contribution in [0.15, 0.2) is 101 Å². The number of nitrogens with zero attached hydrogens (tertiary/aromatic N) is 2. The zero-order valence-corrected chi connectivity index (χ0v) is 28.3. The summed E-state index contributed by atoms with van der Waals surface area (Å²) in [5.41, 5.74) is 3.18. The molecule has 258 valence electrons. The molecule has 1 unspecified atom stereocenters. The number of piperidine rings is 1. The third kappa shape index (κ3) is 7.85. The highest BCUT2D eigenvalue weighted by Gasteiger charge is 2.27. The molecule has 1 aliphatic heterocycles. The Balaban J connectivity index is 1.06. The number of fused-ring (bicyclic) bond motifs is 1. The number of hydrogen-bond acceptors (Lipinski definition) is 9. The Bertz CT molecular complexity index is 2010. The van der Waals surface area contributed by atoms with E-state index in [1.165, 1.54) is 18.5 Å². The molecule has 4 N–H and O–H groups in total. The van der Waals surface area contributed by atoms with Gasteiger partial charge in [-0.05, 0) is 66.9 Å². The minimum atomic E-state index is -3.94. The van der Waals surface area contributed by atoms with Gasteiger partial charge in [0.1, 0.15) is 24.0 Å². The lowest BCUT2D eigenvalue weighted by Crippen LogP contribution is -2.45. The molecule has 6 rings (SSSR count). The van der Waals surface area contributed by atoms with Crippen molar-refractivity contribution >= 4 is 32.4 Å². The fourth-order valence-electron chi connectivity index (χ4n) is 6.04. The minimum absolute atomic E-state index is 0.0855. The van der Waals surface area contributed by atoms with E-state index in [0.717, 1.165) is 37.2 Å². The Morgan fingerprint density at radius 3 is 2.35 bits per heavy atom. The van der Waals surface area contributed by atoms with Gasteiger partial charge in [0.2, 0.25) is 0 Å². The number of anilines is 2. The van der Waals surface area contributed by atoms with Gasteiger partial charge in [-0.3, -0.25) is 4.31 Å². The summed E-state index contributed by atoms with van der Waals surface area (Å²) in [4.78, 5) is 19.5. The van der Waals surface area contributed by atoms with Crippen molar-refractivity contribution in [1.82, 2.24) is 15.3 Å². The van der Waals surface area contributed by atoms with Crippen LogP contribution in [0.1, 0.15) is 18.4 Å². The van der Waals surface area contributed by atoms with Crippen LogP contribution in [0.5, 0.6) is 17.2 Å². The number of imidazole rings is 1. The molecule has 4 aromatic carbocycles. The highest BCUT2D eigenvalue weighted by atomic mass is 32.2. The van der Waals surface area contributed by atoms with Crippen molar-refractivity contribution in [2.24, 2.45) is 0 Å². The van der Waals surface area contributed by atoms with Gasteiger partial charge < -0.3 is 39.5 Å². The Morgan fingerprint density at radius 2 is 1.63 bits per heavy atom. The van der Waals surface area contributed by atoms with Crippen LogP contribution >= 0.6 is 0 Å². The van der Waals surface area contributed by atoms with Gasteiger partial charge in [0, 0.05) is 37.4 Å². The number of aromatic nitrogens is 2. The van der Waals surface area contributed by atoms with E-state index in [1.54, 1.807) is 48.5 Å². The molecule has 0 aliphatic carbocycles. The molecule has 13 heteroatoms. The third-order valence-corrected chi connectivity index (χ3v) is 10.5. The first-order valence-corrected chi connectivity index (χ1v) is 17.6. The molecule has 49 heavy (non-hydrogen) atoms. The van der Waals surface area contributed by atoms with Gasteiger partial charge in [0.25, 0.3) is 10.0 Å². The van der Waals surface area contributed by atoms with E-state index in [1.807, 2.05) is 42.5 Å². The Labute approximate surface area is 285 Å². The van der Waals surface area contributed by atoms with E-state index in [-0.39, 0.29) is 29.8 Å². The Hall–Kier alpha value is -4.98. The Kier molecular flexibility index (Phi) is 10.4. The summed E-state index contributed by atoms with van der Waals surface area (Å²) < 4.78 is 46.3. The number of rotatable bonds is 14. The number of aromatic amines is 2. The lowest BCUT2D eigenvalue weighted by molar-refractivity contribution is 0.103. The van der Waals surface area contributed by atoms with Crippen LogP contribution in [-0.2, 0) is 16.6 Å². The normalized spacial score (nSPS) is 14.5. The van der Waals surface area contributed by atoms with Crippen molar-refractivity contribution in [3.63, 3.8) is 0 Å². The molecule has 0 saturated carbocycles. The number of benzene rings is 4. The molecule has 1 aliphatic rings. The minimum Gasteiger partial charge on any atom is -0.493 e. The van der Waals surface area contributed by atoms with E-state index in [0.29, 0.717) is 40.5 Å². The summed E-state index contributed by atoms with van der Waals surface area (Å²) in [6.45, 7) is 2.17. The number of para-hydroxylation sites is 1. The second-order valence-corrected chi connectivity index (χ2v) is 13.8. The molecule has 0 amide bonds. The SMILES string of the molecule is COc1ccc(N(Cc2ccccc2)S(=O)(=O)c2ccc(N3CCC(NCC(O)COc4cccc5[nH]c(=O)[nH]c45)CC3)cc2)cc1OC. The number of aliphatic hydroxyl groups is 1. The number of nitrogens with one attached hydrogen (secondary N) is 3. The second-order valence-electron chi connectivity index (χ2n) is 11.9. The van der Waals surface area contributed by atoms with Crippen molar-refractivity contribution in [3.8, 4) is 17.2 Å². The third-order valence-electron chi connectivity index (χ3n) is 8.70. The van der Waals surface area contributed by atoms with Crippen molar-refractivity contribution < 1.29 is 27.7 Å². The van der Waals surface area contributed by atoms with Gasteiger partial charge in [-0.1, -0.05) is 36.4 Å². The summed E-state index contributed by atoms with van der Waals surface area (Å²) >= 11 is 0. The summed E-state index contributed by atoms with van der Waals surface area (Å²) in [7, 11) is -0.884. The number of ether oxygens (including phenoxy) is 3. The topological polar surface area (TPSA) is 149 Å². The Morgan fingerprint density at radius 1 is 0.898 bits per heavy atom. The molecule has 2 heterocycles. The second kappa shape index (κ2) is 15.1. The largest absolute Gasteiger partial charge is 0.493 e. The molecule has 0 radical (unpaired) electrons. The maximum absolute atomic E-state index is 14.1. The van der Waals surface area contributed by atoms with E-state index in [4.69, 9.17) is 14.2 Å². The van der Waals surface area contributed by atoms with Gasteiger partial charge in [-0.15, -0.1) is 0 Å². The molecule has 1 saturated heterocycles. The molecule has 5 aromatic rings. The smallest absolute Gasteiger partial charge is 0.323 e.